The fourth-order valence-corrected chi connectivity index (χ4v) is 1.99. The van der Waals surface area contributed by atoms with Gasteiger partial charge >= 0.3 is 0 Å². The van der Waals surface area contributed by atoms with Crippen LogP contribution in [0.1, 0.15) is 38.2 Å². The molecule has 94 valence electrons. The normalized spacial score (nSPS) is 10.3. The molecule has 0 atom stereocenters. The predicted molar refractivity (Wildman–Crippen MR) is 73.4 cm³/mol. The van der Waals surface area contributed by atoms with Crippen molar-refractivity contribution >= 4 is 28.9 Å². The molecule has 0 aromatic heterocycles. The summed E-state index contributed by atoms with van der Waals surface area (Å²) in [5.41, 5.74) is 7.82. The van der Waals surface area contributed by atoms with E-state index in [2.05, 4.69) is 12.2 Å². The maximum Gasteiger partial charge on any atom is 0.224 e. The Bertz CT molecular complexity index is 381. The van der Waals surface area contributed by atoms with Gasteiger partial charge in [0.15, 0.2) is 0 Å². The molecule has 0 heterocycles. The van der Waals surface area contributed by atoms with Gasteiger partial charge < -0.3 is 11.1 Å². The molecule has 0 saturated heterocycles. The lowest BCUT2D eigenvalue weighted by atomic mass is 10.1. The molecule has 1 amide bonds. The molecule has 0 spiro atoms. The summed E-state index contributed by atoms with van der Waals surface area (Å²) in [6.07, 6.45) is 3.62. The predicted octanol–water partition coefficient (Wildman–Crippen LogP) is 3.75. The van der Waals surface area contributed by atoms with Crippen molar-refractivity contribution in [2.75, 3.05) is 11.1 Å². The van der Waals surface area contributed by atoms with Crippen molar-refractivity contribution in [1.82, 2.24) is 0 Å². The number of nitrogen functional groups attached to an aromatic ring is 1. The Morgan fingerprint density at radius 1 is 1.41 bits per heavy atom. The lowest BCUT2D eigenvalue weighted by Crippen LogP contribution is -2.12. The van der Waals surface area contributed by atoms with E-state index in [1.165, 1.54) is 0 Å². The molecule has 0 unspecified atom stereocenters. The quantitative estimate of drug-likeness (QED) is 0.621. The van der Waals surface area contributed by atoms with E-state index >= 15 is 0 Å². The Morgan fingerprint density at radius 2 is 2.12 bits per heavy atom. The number of hydrogen-bond acceptors (Lipinski definition) is 2. The number of nitrogens with two attached hydrogens (primary N) is 1. The van der Waals surface area contributed by atoms with Crippen molar-refractivity contribution in [2.45, 2.75) is 39.5 Å². The molecule has 0 saturated carbocycles. The van der Waals surface area contributed by atoms with Crippen LogP contribution < -0.4 is 11.1 Å². The zero-order valence-electron chi connectivity index (χ0n) is 10.3. The highest BCUT2D eigenvalue weighted by atomic mass is 35.5. The average molecular weight is 255 g/mol. The first-order chi connectivity index (χ1) is 8.04. The Hall–Kier alpha value is -1.22. The number of hydrogen-bond donors (Lipinski definition) is 2. The van der Waals surface area contributed by atoms with Gasteiger partial charge in [0.05, 0.1) is 10.7 Å². The molecule has 1 rings (SSSR count). The summed E-state index contributed by atoms with van der Waals surface area (Å²) >= 11 is 6.05. The van der Waals surface area contributed by atoms with E-state index in [1.807, 2.05) is 6.92 Å². The van der Waals surface area contributed by atoms with E-state index in [0.29, 0.717) is 22.8 Å². The first-order valence-corrected chi connectivity index (χ1v) is 6.28. The molecule has 0 bridgehead atoms. The zero-order valence-corrected chi connectivity index (χ0v) is 11.1. The molecule has 1 aromatic carbocycles. The van der Waals surface area contributed by atoms with Crippen molar-refractivity contribution in [2.24, 2.45) is 0 Å². The third-order valence-corrected chi connectivity index (χ3v) is 2.88. The standard InChI is InChI=1S/C13H19ClN2O/c1-3-4-5-6-12(17)16-13-9(2)7-10(15)8-11(13)14/h7-8H,3-6,15H2,1-2H3,(H,16,17). The number of amides is 1. The van der Waals surface area contributed by atoms with Gasteiger partial charge in [0.2, 0.25) is 5.91 Å². The van der Waals surface area contributed by atoms with E-state index in [1.54, 1.807) is 12.1 Å². The van der Waals surface area contributed by atoms with Gasteiger partial charge in [-0.25, -0.2) is 0 Å². The zero-order chi connectivity index (χ0) is 12.8. The number of benzene rings is 1. The Labute approximate surface area is 107 Å². The molecule has 1 aromatic rings. The van der Waals surface area contributed by atoms with Gasteiger partial charge in [0, 0.05) is 12.1 Å². The highest BCUT2D eigenvalue weighted by Gasteiger charge is 2.09. The second-order valence-electron chi connectivity index (χ2n) is 4.20. The van der Waals surface area contributed by atoms with Gasteiger partial charge in [-0.15, -0.1) is 0 Å². The van der Waals surface area contributed by atoms with Gasteiger partial charge in [-0.2, -0.15) is 0 Å². The molecule has 3 N–H and O–H groups in total. The number of carbonyl (C=O) groups excluding carboxylic acids is 1. The van der Waals surface area contributed by atoms with Crippen molar-refractivity contribution < 1.29 is 4.79 Å². The van der Waals surface area contributed by atoms with E-state index < -0.39 is 0 Å². The third-order valence-electron chi connectivity index (χ3n) is 2.58. The van der Waals surface area contributed by atoms with Gasteiger partial charge in [-0.1, -0.05) is 31.4 Å². The summed E-state index contributed by atoms with van der Waals surface area (Å²) < 4.78 is 0. The molecule has 4 heteroatoms. The van der Waals surface area contributed by atoms with Crippen LogP contribution in [-0.4, -0.2) is 5.91 Å². The molecule has 0 aliphatic rings. The van der Waals surface area contributed by atoms with Crippen LogP contribution in [0.5, 0.6) is 0 Å². The lowest BCUT2D eigenvalue weighted by molar-refractivity contribution is -0.116. The van der Waals surface area contributed by atoms with Crippen LogP contribution in [0.4, 0.5) is 11.4 Å². The topological polar surface area (TPSA) is 55.1 Å². The van der Waals surface area contributed by atoms with E-state index in [0.717, 1.165) is 24.8 Å². The van der Waals surface area contributed by atoms with E-state index in [-0.39, 0.29) is 5.91 Å². The third kappa shape index (κ3) is 4.27. The fraction of sp³-hybridized carbons (Fsp3) is 0.462. The minimum Gasteiger partial charge on any atom is -0.399 e. The van der Waals surface area contributed by atoms with Crippen molar-refractivity contribution in [3.05, 3.63) is 22.7 Å². The summed E-state index contributed by atoms with van der Waals surface area (Å²) in [4.78, 5) is 11.7. The van der Waals surface area contributed by atoms with Crippen LogP contribution in [0.2, 0.25) is 5.02 Å². The van der Waals surface area contributed by atoms with Gasteiger partial charge in [-0.05, 0) is 31.0 Å². The summed E-state index contributed by atoms with van der Waals surface area (Å²) in [6, 6.07) is 3.45. The summed E-state index contributed by atoms with van der Waals surface area (Å²) in [5, 5.41) is 3.33. The molecular formula is C13H19ClN2O. The van der Waals surface area contributed by atoms with Gasteiger partial charge in [-0.3, -0.25) is 4.79 Å². The molecule has 17 heavy (non-hydrogen) atoms. The molecule has 0 radical (unpaired) electrons. The first-order valence-electron chi connectivity index (χ1n) is 5.90. The van der Waals surface area contributed by atoms with Crippen LogP contribution in [0.25, 0.3) is 0 Å². The number of anilines is 2. The second kappa shape index (κ2) is 6.50. The molecule has 0 fully saturated rings. The van der Waals surface area contributed by atoms with Crippen molar-refractivity contribution in [3.8, 4) is 0 Å². The Balaban J connectivity index is 2.65. The second-order valence-corrected chi connectivity index (χ2v) is 4.61. The molecular weight excluding hydrogens is 236 g/mol. The smallest absolute Gasteiger partial charge is 0.224 e. The van der Waals surface area contributed by atoms with Crippen molar-refractivity contribution in [3.63, 3.8) is 0 Å². The monoisotopic (exact) mass is 254 g/mol. The maximum atomic E-state index is 11.7. The highest BCUT2D eigenvalue weighted by Crippen LogP contribution is 2.28. The first kappa shape index (κ1) is 13.8. The number of aryl methyl sites for hydroxylation is 1. The number of nitrogens with one attached hydrogen (secondary N) is 1. The maximum absolute atomic E-state index is 11.7. The van der Waals surface area contributed by atoms with Crippen molar-refractivity contribution in [1.29, 1.82) is 0 Å². The Morgan fingerprint density at radius 3 is 2.71 bits per heavy atom. The van der Waals surface area contributed by atoms with Crippen LogP contribution in [0, 0.1) is 6.92 Å². The number of unbranched alkanes of at least 4 members (excludes halogenated alkanes) is 2. The van der Waals surface area contributed by atoms with Gasteiger partial charge in [0.25, 0.3) is 0 Å². The van der Waals surface area contributed by atoms with Crippen LogP contribution in [-0.2, 0) is 4.79 Å². The van der Waals surface area contributed by atoms with Gasteiger partial charge in [0.1, 0.15) is 0 Å². The highest BCUT2D eigenvalue weighted by molar-refractivity contribution is 6.34. The summed E-state index contributed by atoms with van der Waals surface area (Å²) in [6.45, 7) is 3.99. The fourth-order valence-electron chi connectivity index (χ4n) is 1.67. The Kier molecular flexibility index (Phi) is 5.29. The molecule has 0 aliphatic carbocycles. The van der Waals surface area contributed by atoms with Crippen LogP contribution in [0.15, 0.2) is 12.1 Å². The average Bonchev–Trinajstić information content (AvgIpc) is 2.24. The molecule has 0 aliphatic heterocycles. The summed E-state index contributed by atoms with van der Waals surface area (Å²) in [5.74, 6) is 0.00761. The van der Waals surface area contributed by atoms with E-state index in [4.69, 9.17) is 17.3 Å². The van der Waals surface area contributed by atoms with Crippen LogP contribution >= 0.6 is 11.6 Å². The van der Waals surface area contributed by atoms with E-state index in [9.17, 15) is 4.79 Å². The largest absolute Gasteiger partial charge is 0.399 e. The minimum absolute atomic E-state index is 0.00761. The number of halogens is 1. The number of carbonyl (C=O) groups is 1. The molecule has 3 nitrogen and oxygen atoms in total. The summed E-state index contributed by atoms with van der Waals surface area (Å²) in [7, 11) is 0. The van der Waals surface area contributed by atoms with Crippen LogP contribution in [0.3, 0.4) is 0 Å². The number of rotatable bonds is 5. The lowest BCUT2D eigenvalue weighted by Gasteiger charge is -2.11. The minimum atomic E-state index is 0.00761. The SMILES string of the molecule is CCCCCC(=O)Nc1c(C)cc(N)cc1Cl.